The number of carbonyl (C=O) groups is 1. The Hall–Kier alpha value is -1.59. The first-order chi connectivity index (χ1) is 16.5. The molecule has 37 heavy (non-hydrogen) atoms. The van der Waals surface area contributed by atoms with E-state index >= 15 is 0 Å². The first-order valence-corrected chi connectivity index (χ1v) is 12.4. The lowest BCUT2D eigenvalue weighted by Crippen LogP contribution is -2.41. The molecule has 7 nitrogen and oxygen atoms in total. The van der Waals surface area contributed by atoms with Gasteiger partial charge in [0.25, 0.3) is 0 Å². The van der Waals surface area contributed by atoms with Gasteiger partial charge < -0.3 is 29.0 Å². The molecule has 2 aliphatic rings. The van der Waals surface area contributed by atoms with Gasteiger partial charge in [0, 0.05) is 15.6 Å². The minimum atomic E-state index is -0.325. The summed E-state index contributed by atoms with van der Waals surface area (Å²) in [4.78, 5) is 10.3. The molecule has 0 radical (unpaired) electrons. The van der Waals surface area contributed by atoms with Crippen molar-refractivity contribution in [2.75, 3.05) is 26.4 Å². The van der Waals surface area contributed by atoms with E-state index in [4.69, 9.17) is 29.0 Å². The van der Waals surface area contributed by atoms with Crippen LogP contribution in [-0.4, -0.2) is 61.2 Å². The largest absolute Gasteiger partial charge is 0.495 e. The zero-order valence-electron chi connectivity index (χ0n) is 21.3. The molecule has 0 aliphatic carbocycles. The van der Waals surface area contributed by atoms with Crippen LogP contribution in [0.4, 0.5) is 0 Å². The average molecular weight is 583 g/mol. The van der Waals surface area contributed by atoms with Gasteiger partial charge in [-0.05, 0) is 64.7 Å². The number of ether oxygens (including phenoxy) is 2. The molecule has 2 N–H and O–H groups in total. The van der Waals surface area contributed by atoms with Crippen LogP contribution in [0.3, 0.4) is 0 Å². The molecule has 0 spiro atoms. The van der Waals surface area contributed by atoms with Crippen molar-refractivity contribution in [1.29, 1.82) is 0 Å². The summed E-state index contributed by atoms with van der Waals surface area (Å²) in [7, 11) is -0.325. The van der Waals surface area contributed by atoms with Crippen LogP contribution >= 0.6 is 15.9 Å². The van der Waals surface area contributed by atoms with Crippen LogP contribution in [0, 0.1) is 13.8 Å². The summed E-state index contributed by atoms with van der Waals surface area (Å²) in [6, 6.07) is 11.7. The Balaban J connectivity index is 0.000000684. The molecule has 0 bridgehead atoms. The molecule has 2 heterocycles. The predicted molar refractivity (Wildman–Crippen MR) is 153 cm³/mol. The molecule has 2 aromatic rings. The summed E-state index contributed by atoms with van der Waals surface area (Å²) in [6.45, 7) is 13.4. The molecule has 0 aromatic heterocycles. The van der Waals surface area contributed by atoms with Crippen LogP contribution in [0.1, 0.15) is 75.9 Å². The molecule has 0 atom stereocenters. The summed E-state index contributed by atoms with van der Waals surface area (Å²) in [5.41, 5.74) is 4.41. The van der Waals surface area contributed by atoms with E-state index in [2.05, 4.69) is 62.7 Å². The second-order valence-electron chi connectivity index (χ2n) is 9.35. The Labute approximate surface area is 231 Å². The second kappa shape index (κ2) is 15.7. The third-order valence-electron chi connectivity index (χ3n) is 6.11. The lowest BCUT2D eigenvalue weighted by atomic mass is 9.76. The quantitative estimate of drug-likeness (QED) is 0.380. The van der Waals surface area contributed by atoms with Gasteiger partial charge in [-0.15, -0.1) is 0 Å². The molecule has 2 aliphatic heterocycles. The normalized spacial score (nSPS) is 17.4. The number of halogens is 1. The van der Waals surface area contributed by atoms with Crippen molar-refractivity contribution >= 4 is 34.8 Å². The fourth-order valence-corrected chi connectivity index (χ4v) is 3.62. The van der Waals surface area contributed by atoms with E-state index in [1.54, 1.807) is 6.07 Å². The third-order valence-corrected chi connectivity index (χ3v) is 7.00. The number of aryl methyl sites for hydroxylation is 2. The van der Waals surface area contributed by atoms with Crippen molar-refractivity contribution in [2.24, 2.45) is 0 Å². The highest BCUT2D eigenvalue weighted by molar-refractivity contribution is 9.10. The second-order valence-corrected chi connectivity index (χ2v) is 10.2. The summed E-state index contributed by atoms with van der Waals surface area (Å²) in [6.07, 6.45) is 0.607. The van der Waals surface area contributed by atoms with E-state index in [1.807, 2.05) is 25.1 Å². The van der Waals surface area contributed by atoms with E-state index in [-0.39, 0.29) is 52.7 Å². The molecule has 4 rings (SSSR count). The number of carbonyl (C=O) groups excluding carboxylic acids is 1. The highest BCUT2D eigenvalue weighted by Gasteiger charge is 2.52. The van der Waals surface area contributed by atoms with Gasteiger partial charge >= 0.3 is 7.12 Å². The summed E-state index contributed by atoms with van der Waals surface area (Å²) >= 11 is 3.34. The molecule has 9 heteroatoms. The monoisotopic (exact) mass is 582 g/mol. The lowest BCUT2D eigenvalue weighted by Gasteiger charge is -2.32. The standard InChI is InChI=1S/C16H23BO4.C8H7BrO.C2H6O2.2CH4/c1-11-10-12(14-18-8-9-19-14)6-7-13(11)17-20-15(2,3)16(4,5)21-17;1-6-4-7(5-10)2-3-8(6)9;3-1-2-4;;/h6-7,10,14H,8-9H2,1-5H3;2-5H,1H3;3-4H,1-2H2;2*1H4. The van der Waals surface area contributed by atoms with Crippen LogP contribution in [0.5, 0.6) is 0 Å². The predicted octanol–water partition coefficient (Wildman–Crippen LogP) is 5.15. The molecule has 0 amide bonds. The fourth-order valence-electron chi connectivity index (χ4n) is 3.37. The van der Waals surface area contributed by atoms with Crippen molar-refractivity contribution in [2.45, 2.75) is 73.9 Å². The summed E-state index contributed by atoms with van der Waals surface area (Å²) in [5, 5.41) is 15.2. The third kappa shape index (κ3) is 9.59. The zero-order chi connectivity index (χ0) is 26.2. The van der Waals surface area contributed by atoms with Crippen LogP contribution in [0.2, 0.25) is 0 Å². The minimum absolute atomic E-state index is 0. The topological polar surface area (TPSA) is 94.5 Å². The number of rotatable bonds is 4. The number of aliphatic hydroxyl groups excluding tert-OH is 2. The molecule has 2 fully saturated rings. The number of aliphatic hydroxyl groups is 2. The molecular formula is C28H44BBrO7. The van der Waals surface area contributed by atoms with Gasteiger partial charge in [0.1, 0.15) is 6.29 Å². The van der Waals surface area contributed by atoms with Crippen LogP contribution in [-0.2, 0) is 18.8 Å². The zero-order valence-corrected chi connectivity index (χ0v) is 22.9. The van der Waals surface area contributed by atoms with Crippen molar-refractivity contribution in [3.8, 4) is 0 Å². The SMILES string of the molecule is C.C.Cc1cc(C2OCCO2)ccc1B1OC(C)(C)C(C)(C)O1.Cc1cc(C=O)ccc1Br.OCCO. The Bertz CT molecular complexity index is 957. The number of benzene rings is 2. The van der Waals surface area contributed by atoms with Gasteiger partial charge in [-0.2, -0.15) is 0 Å². The Morgan fingerprint density at radius 1 is 0.919 bits per heavy atom. The van der Waals surface area contributed by atoms with E-state index in [0.717, 1.165) is 38.5 Å². The molecule has 2 saturated heterocycles. The van der Waals surface area contributed by atoms with Gasteiger partial charge in [0.05, 0.1) is 37.6 Å². The maximum absolute atomic E-state index is 10.3. The number of aldehydes is 1. The molecule has 0 unspecified atom stereocenters. The molecule has 208 valence electrons. The van der Waals surface area contributed by atoms with Crippen LogP contribution in [0.15, 0.2) is 40.9 Å². The smallest absolute Gasteiger partial charge is 0.399 e. The molecule has 2 aromatic carbocycles. The van der Waals surface area contributed by atoms with Crippen molar-refractivity contribution < 1.29 is 33.8 Å². The van der Waals surface area contributed by atoms with Crippen molar-refractivity contribution in [1.82, 2.24) is 0 Å². The van der Waals surface area contributed by atoms with E-state index in [9.17, 15) is 4.79 Å². The van der Waals surface area contributed by atoms with Gasteiger partial charge in [-0.25, -0.2) is 0 Å². The number of hydrogen-bond donors (Lipinski definition) is 2. The van der Waals surface area contributed by atoms with Crippen LogP contribution < -0.4 is 5.46 Å². The summed E-state index contributed by atoms with van der Waals surface area (Å²) in [5.74, 6) is 0. The average Bonchev–Trinajstić information content (AvgIpc) is 3.42. The fraction of sp³-hybridized carbons (Fsp3) is 0.536. The van der Waals surface area contributed by atoms with Crippen molar-refractivity contribution in [3.63, 3.8) is 0 Å². The number of hydrogen-bond acceptors (Lipinski definition) is 7. The minimum Gasteiger partial charge on any atom is -0.399 e. The maximum Gasteiger partial charge on any atom is 0.495 e. The molecule has 0 saturated carbocycles. The Morgan fingerprint density at radius 2 is 1.46 bits per heavy atom. The van der Waals surface area contributed by atoms with Gasteiger partial charge in [0.2, 0.25) is 0 Å². The Kier molecular flexibility index (Phi) is 15.1. The first kappa shape index (κ1) is 35.4. The highest BCUT2D eigenvalue weighted by atomic mass is 79.9. The first-order valence-electron chi connectivity index (χ1n) is 11.6. The van der Waals surface area contributed by atoms with Gasteiger partial charge in [-0.3, -0.25) is 4.79 Å². The Morgan fingerprint density at radius 3 is 1.89 bits per heavy atom. The van der Waals surface area contributed by atoms with Crippen molar-refractivity contribution in [3.05, 3.63) is 63.1 Å². The highest BCUT2D eigenvalue weighted by Crippen LogP contribution is 2.37. The van der Waals surface area contributed by atoms with Crippen LogP contribution in [0.25, 0.3) is 0 Å². The lowest BCUT2D eigenvalue weighted by molar-refractivity contribution is -0.0441. The van der Waals surface area contributed by atoms with E-state index in [0.29, 0.717) is 13.2 Å². The van der Waals surface area contributed by atoms with Gasteiger partial charge in [0.15, 0.2) is 6.29 Å². The maximum atomic E-state index is 10.3. The van der Waals surface area contributed by atoms with E-state index < -0.39 is 0 Å². The van der Waals surface area contributed by atoms with E-state index in [1.165, 1.54) is 0 Å². The van der Waals surface area contributed by atoms with Gasteiger partial charge in [-0.1, -0.05) is 60.6 Å². The molecular weight excluding hydrogens is 539 g/mol. The summed E-state index contributed by atoms with van der Waals surface area (Å²) < 4.78 is 24.3.